The van der Waals surface area contributed by atoms with Crippen molar-refractivity contribution in [1.29, 1.82) is 0 Å². The smallest absolute Gasteiger partial charge is 0.0490 e. The number of fused-ring (bicyclic) bond motifs is 6. The van der Waals surface area contributed by atoms with Gasteiger partial charge in [0.25, 0.3) is 0 Å². The Hall–Kier alpha value is -6.20. The SMILES string of the molecule is Cc1ccccc1N(c1cc(C)c(-c2c(C)cc(N(c3ccc4sc5ccccc5c4c3)c3ccccc3C)cc2C)c(C)c1)c1ccc2sc3ccccc3c2c1. The van der Waals surface area contributed by atoms with Crippen LogP contribution in [-0.2, 0) is 0 Å². The van der Waals surface area contributed by atoms with E-state index < -0.39 is 0 Å². The van der Waals surface area contributed by atoms with E-state index >= 15 is 0 Å². The van der Waals surface area contributed by atoms with Crippen LogP contribution in [-0.4, -0.2) is 0 Å². The van der Waals surface area contributed by atoms with Crippen molar-refractivity contribution in [3.63, 3.8) is 0 Å². The van der Waals surface area contributed by atoms with E-state index in [9.17, 15) is 0 Å². The minimum atomic E-state index is 1.17. The van der Waals surface area contributed by atoms with Gasteiger partial charge in [-0.3, -0.25) is 0 Å². The van der Waals surface area contributed by atoms with Crippen LogP contribution in [0.4, 0.5) is 34.1 Å². The molecule has 8 aromatic carbocycles. The average molecular weight is 785 g/mol. The molecule has 0 saturated heterocycles. The summed E-state index contributed by atoms with van der Waals surface area (Å²) in [4.78, 5) is 4.89. The third-order valence-electron chi connectivity index (χ3n) is 11.8. The number of anilines is 6. The highest BCUT2D eigenvalue weighted by atomic mass is 32.1. The second-order valence-corrected chi connectivity index (χ2v) is 17.9. The summed E-state index contributed by atoms with van der Waals surface area (Å²) >= 11 is 3.73. The monoisotopic (exact) mass is 784 g/mol. The quantitative estimate of drug-likeness (QED) is 0.159. The second kappa shape index (κ2) is 14.3. The zero-order valence-corrected chi connectivity index (χ0v) is 35.4. The molecule has 2 nitrogen and oxygen atoms in total. The van der Waals surface area contributed by atoms with Crippen molar-refractivity contribution < 1.29 is 0 Å². The molecule has 0 aliphatic rings. The number of aryl methyl sites for hydroxylation is 6. The number of nitrogens with zero attached hydrogens (tertiary/aromatic N) is 2. The van der Waals surface area contributed by atoms with Gasteiger partial charge in [-0.2, -0.15) is 0 Å². The van der Waals surface area contributed by atoms with Crippen molar-refractivity contribution in [1.82, 2.24) is 0 Å². The molecule has 0 N–H and O–H groups in total. The summed E-state index contributed by atoms with van der Waals surface area (Å²) in [5.41, 5.74) is 17.2. The fourth-order valence-electron chi connectivity index (χ4n) is 9.12. The van der Waals surface area contributed by atoms with Crippen LogP contribution >= 0.6 is 22.7 Å². The lowest BCUT2D eigenvalue weighted by Crippen LogP contribution is -2.13. The van der Waals surface area contributed by atoms with Crippen LogP contribution in [0.3, 0.4) is 0 Å². The van der Waals surface area contributed by atoms with Crippen LogP contribution in [0.25, 0.3) is 51.5 Å². The molecule has 0 spiro atoms. The molecule has 0 radical (unpaired) electrons. The Labute approximate surface area is 348 Å². The molecule has 10 aromatic rings. The number of rotatable bonds is 7. The zero-order valence-electron chi connectivity index (χ0n) is 33.7. The molecule has 0 bridgehead atoms. The van der Waals surface area contributed by atoms with Gasteiger partial charge in [-0.15, -0.1) is 22.7 Å². The maximum Gasteiger partial charge on any atom is 0.0490 e. The molecule has 0 aliphatic carbocycles. The van der Waals surface area contributed by atoms with Crippen LogP contribution in [0.2, 0.25) is 0 Å². The van der Waals surface area contributed by atoms with Crippen LogP contribution in [0.5, 0.6) is 0 Å². The van der Waals surface area contributed by atoms with Gasteiger partial charge in [0.05, 0.1) is 0 Å². The Morgan fingerprint density at radius 3 is 1.03 bits per heavy atom. The van der Waals surface area contributed by atoms with Gasteiger partial charge >= 0.3 is 0 Å². The first kappa shape index (κ1) is 36.2. The Morgan fingerprint density at radius 1 is 0.293 bits per heavy atom. The summed E-state index contributed by atoms with van der Waals surface area (Å²) < 4.78 is 5.27. The molecule has 0 unspecified atom stereocenters. The highest BCUT2D eigenvalue weighted by Crippen LogP contribution is 2.46. The molecule has 2 aromatic heterocycles. The second-order valence-electron chi connectivity index (χ2n) is 15.7. The van der Waals surface area contributed by atoms with Gasteiger partial charge in [0, 0.05) is 74.5 Å². The van der Waals surface area contributed by atoms with Gasteiger partial charge < -0.3 is 9.80 Å². The molecule has 0 amide bonds. The van der Waals surface area contributed by atoms with E-state index in [0.29, 0.717) is 0 Å². The third kappa shape index (κ3) is 6.07. The minimum absolute atomic E-state index is 1.17. The largest absolute Gasteiger partial charge is 0.310 e. The maximum atomic E-state index is 2.45. The molecule has 0 atom stereocenters. The summed E-state index contributed by atoms with van der Waals surface area (Å²) in [6.07, 6.45) is 0. The summed E-state index contributed by atoms with van der Waals surface area (Å²) in [6.45, 7) is 13.6. The average Bonchev–Trinajstić information content (AvgIpc) is 3.78. The third-order valence-corrected chi connectivity index (χ3v) is 14.1. The normalized spacial score (nSPS) is 11.6. The molecule has 4 heteroatoms. The topological polar surface area (TPSA) is 6.48 Å². The number of thiophene rings is 2. The molecule has 282 valence electrons. The van der Waals surface area contributed by atoms with E-state index in [2.05, 4.69) is 209 Å². The van der Waals surface area contributed by atoms with E-state index in [4.69, 9.17) is 0 Å². The van der Waals surface area contributed by atoms with Gasteiger partial charge in [0.1, 0.15) is 0 Å². The Kier molecular flexibility index (Phi) is 8.93. The first-order valence-electron chi connectivity index (χ1n) is 20.0. The van der Waals surface area contributed by atoms with Crippen molar-refractivity contribution in [2.24, 2.45) is 0 Å². The Bertz CT molecular complexity index is 2960. The van der Waals surface area contributed by atoms with E-state index in [0.717, 1.165) is 0 Å². The van der Waals surface area contributed by atoms with E-state index in [-0.39, 0.29) is 0 Å². The van der Waals surface area contributed by atoms with Crippen LogP contribution in [0.15, 0.2) is 158 Å². The van der Waals surface area contributed by atoms with Gasteiger partial charge in [-0.05, 0) is 171 Å². The summed E-state index contributed by atoms with van der Waals surface area (Å²) in [6, 6.07) is 58.5. The van der Waals surface area contributed by atoms with Crippen molar-refractivity contribution >= 4 is 97.1 Å². The first-order valence-corrected chi connectivity index (χ1v) is 21.6. The first-order chi connectivity index (χ1) is 28.2. The van der Waals surface area contributed by atoms with Gasteiger partial charge in [-0.25, -0.2) is 0 Å². The molecule has 58 heavy (non-hydrogen) atoms. The highest BCUT2D eigenvalue weighted by Gasteiger charge is 2.22. The lowest BCUT2D eigenvalue weighted by Gasteiger charge is -2.30. The fraction of sp³-hybridized carbons (Fsp3) is 0.111. The summed E-state index contributed by atoms with van der Waals surface area (Å²) in [5.74, 6) is 0. The lowest BCUT2D eigenvalue weighted by atomic mass is 9.88. The maximum absolute atomic E-state index is 2.45. The number of hydrogen-bond acceptors (Lipinski definition) is 4. The van der Waals surface area contributed by atoms with Gasteiger partial charge in [-0.1, -0.05) is 72.8 Å². The van der Waals surface area contributed by atoms with Gasteiger partial charge in [0.2, 0.25) is 0 Å². The van der Waals surface area contributed by atoms with E-state index in [1.807, 2.05) is 22.7 Å². The lowest BCUT2D eigenvalue weighted by molar-refractivity contribution is 1.22. The summed E-state index contributed by atoms with van der Waals surface area (Å²) in [5, 5.41) is 5.23. The van der Waals surface area contributed by atoms with E-state index in [1.54, 1.807) is 0 Å². The van der Waals surface area contributed by atoms with Crippen LogP contribution < -0.4 is 9.80 Å². The Balaban J connectivity index is 1.10. The predicted octanol–water partition coefficient (Wildman–Crippen LogP) is 16.9. The zero-order chi connectivity index (χ0) is 39.7. The van der Waals surface area contributed by atoms with Gasteiger partial charge in [0.15, 0.2) is 0 Å². The molecule has 10 rings (SSSR count). The molecule has 0 fully saturated rings. The standard InChI is InChI=1S/C54H44N2S2/c1-33-15-7-11-19-47(33)55(39-23-25-51-45(31-39)43-17-9-13-21-49(43)57-51)41-27-35(3)53(36(4)28-41)54-37(5)29-42(30-38(54)6)56(48-20-12-8-16-34(48)2)40-24-26-52-46(32-40)44-18-10-14-22-50(44)58-52/h7-32H,1-6H3. The fourth-order valence-corrected chi connectivity index (χ4v) is 11.3. The number of hydrogen-bond donors (Lipinski definition) is 0. The molecular weight excluding hydrogens is 741 g/mol. The van der Waals surface area contributed by atoms with Crippen molar-refractivity contribution in [3.8, 4) is 11.1 Å². The summed E-state index contributed by atoms with van der Waals surface area (Å²) in [7, 11) is 0. The predicted molar refractivity (Wildman–Crippen MR) is 255 cm³/mol. The van der Waals surface area contributed by atoms with Crippen molar-refractivity contribution in [3.05, 3.63) is 191 Å². The van der Waals surface area contributed by atoms with Crippen LogP contribution in [0, 0.1) is 41.5 Å². The minimum Gasteiger partial charge on any atom is -0.310 e. The van der Waals surface area contributed by atoms with E-state index in [1.165, 1.54) is 119 Å². The molecular formula is C54H44N2S2. The van der Waals surface area contributed by atoms with Crippen molar-refractivity contribution in [2.75, 3.05) is 9.80 Å². The van der Waals surface area contributed by atoms with Crippen molar-refractivity contribution in [2.45, 2.75) is 41.5 Å². The molecule has 0 saturated carbocycles. The molecule has 2 heterocycles. The Morgan fingerprint density at radius 2 is 0.638 bits per heavy atom. The molecule has 0 aliphatic heterocycles. The van der Waals surface area contributed by atoms with Crippen LogP contribution in [0.1, 0.15) is 33.4 Å². The highest BCUT2D eigenvalue weighted by molar-refractivity contribution is 7.26. The number of benzene rings is 8. The number of para-hydroxylation sites is 2.